The SMILES string of the molecule is CCCCCc1cc2cc3c(ccc4c5cc6ccn(C)c6cc5ccc34)cc2n1C. The number of hydrogen-bond acceptors (Lipinski definition) is 0. The van der Waals surface area contributed by atoms with E-state index in [0.717, 1.165) is 6.42 Å². The Hall–Kier alpha value is -3.26. The smallest absolute Gasteiger partial charge is 0.0486 e. The molecular formula is C29H28N2. The van der Waals surface area contributed by atoms with Crippen molar-refractivity contribution in [1.82, 2.24) is 9.13 Å². The van der Waals surface area contributed by atoms with Crippen LogP contribution in [0.5, 0.6) is 0 Å². The Kier molecular flexibility index (Phi) is 4.11. The van der Waals surface area contributed by atoms with Gasteiger partial charge in [0.15, 0.2) is 0 Å². The molecule has 0 spiro atoms. The summed E-state index contributed by atoms with van der Waals surface area (Å²) in [6, 6.07) is 23.3. The first-order chi connectivity index (χ1) is 15.1. The molecule has 2 nitrogen and oxygen atoms in total. The van der Waals surface area contributed by atoms with E-state index in [1.54, 1.807) is 0 Å². The highest BCUT2D eigenvalue weighted by molar-refractivity contribution is 6.20. The first-order valence-electron chi connectivity index (χ1n) is 11.5. The summed E-state index contributed by atoms with van der Waals surface area (Å²) in [5.74, 6) is 0. The minimum Gasteiger partial charge on any atom is -0.351 e. The van der Waals surface area contributed by atoms with Gasteiger partial charge in [-0.2, -0.15) is 0 Å². The minimum atomic E-state index is 1.16. The highest BCUT2D eigenvalue weighted by atomic mass is 14.9. The predicted octanol–water partition coefficient (Wildman–Crippen LogP) is 7.86. The molecule has 6 aromatic rings. The first kappa shape index (κ1) is 18.5. The molecule has 0 saturated heterocycles. The van der Waals surface area contributed by atoms with E-state index in [1.807, 2.05) is 0 Å². The molecule has 31 heavy (non-hydrogen) atoms. The standard InChI is InChI=1S/C29H28N2/c1-4-5-6-7-23-14-22-16-27-20(18-29(22)31(23)3)9-11-24-25(27)10-8-19-17-28-21(15-26(19)24)12-13-30(28)2/h8-18H,4-7H2,1-3H3. The number of hydrogen-bond donors (Lipinski definition) is 0. The number of rotatable bonds is 4. The quantitative estimate of drug-likeness (QED) is 0.209. The van der Waals surface area contributed by atoms with Crippen molar-refractivity contribution in [2.24, 2.45) is 14.1 Å². The maximum atomic E-state index is 2.41. The van der Waals surface area contributed by atoms with Gasteiger partial charge in [-0.1, -0.05) is 44.0 Å². The van der Waals surface area contributed by atoms with Gasteiger partial charge in [-0.05, 0) is 81.6 Å². The van der Waals surface area contributed by atoms with Gasteiger partial charge in [0.1, 0.15) is 0 Å². The maximum absolute atomic E-state index is 2.41. The predicted molar refractivity (Wildman–Crippen MR) is 135 cm³/mol. The van der Waals surface area contributed by atoms with E-state index in [1.165, 1.54) is 79.1 Å². The van der Waals surface area contributed by atoms with E-state index in [4.69, 9.17) is 0 Å². The van der Waals surface area contributed by atoms with Crippen LogP contribution in [0.25, 0.3) is 54.1 Å². The number of nitrogens with zero attached hydrogens (tertiary/aromatic N) is 2. The van der Waals surface area contributed by atoms with Crippen molar-refractivity contribution in [2.45, 2.75) is 32.6 Å². The van der Waals surface area contributed by atoms with E-state index in [2.05, 4.69) is 97.0 Å². The molecule has 6 rings (SSSR count). The van der Waals surface area contributed by atoms with Crippen LogP contribution >= 0.6 is 0 Å². The van der Waals surface area contributed by atoms with Crippen LogP contribution in [0.3, 0.4) is 0 Å². The summed E-state index contributed by atoms with van der Waals surface area (Å²) in [6.45, 7) is 2.27. The van der Waals surface area contributed by atoms with Gasteiger partial charge < -0.3 is 9.13 Å². The minimum absolute atomic E-state index is 1.16. The third-order valence-electron chi connectivity index (χ3n) is 7.14. The Morgan fingerprint density at radius 3 is 2.00 bits per heavy atom. The zero-order valence-corrected chi connectivity index (χ0v) is 18.6. The third-order valence-corrected chi connectivity index (χ3v) is 7.14. The molecule has 2 heterocycles. The van der Waals surface area contributed by atoms with Gasteiger partial charge in [0.2, 0.25) is 0 Å². The lowest BCUT2D eigenvalue weighted by molar-refractivity contribution is 0.690. The van der Waals surface area contributed by atoms with Gasteiger partial charge in [0, 0.05) is 47.8 Å². The van der Waals surface area contributed by atoms with Crippen LogP contribution in [0, 0.1) is 0 Å². The van der Waals surface area contributed by atoms with Crippen molar-refractivity contribution in [3.05, 3.63) is 72.6 Å². The van der Waals surface area contributed by atoms with Crippen LogP contribution in [0.15, 0.2) is 66.9 Å². The van der Waals surface area contributed by atoms with Crippen LogP contribution in [-0.2, 0) is 20.5 Å². The molecule has 0 amide bonds. The van der Waals surface area contributed by atoms with Crippen LogP contribution in [0.4, 0.5) is 0 Å². The lowest BCUT2D eigenvalue weighted by Crippen LogP contribution is -1.96. The van der Waals surface area contributed by atoms with Crippen molar-refractivity contribution in [1.29, 1.82) is 0 Å². The van der Waals surface area contributed by atoms with Gasteiger partial charge in [-0.15, -0.1) is 0 Å². The van der Waals surface area contributed by atoms with Gasteiger partial charge in [0.25, 0.3) is 0 Å². The molecule has 0 radical (unpaired) electrons. The molecule has 2 aromatic heterocycles. The van der Waals surface area contributed by atoms with Crippen molar-refractivity contribution in [2.75, 3.05) is 0 Å². The average Bonchev–Trinajstić information content (AvgIpc) is 3.30. The highest BCUT2D eigenvalue weighted by Gasteiger charge is 2.11. The van der Waals surface area contributed by atoms with Crippen molar-refractivity contribution < 1.29 is 0 Å². The second kappa shape index (κ2) is 6.88. The van der Waals surface area contributed by atoms with Crippen LogP contribution in [0.1, 0.15) is 31.9 Å². The van der Waals surface area contributed by atoms with E-state index in [9.17, 15) is 0 Å². The molecule has 2 heteroatoms. The van der Waals surface area contributed by atoms with Gasteiger partial charge in [0.05, 0.1) is 0 Å². The second-order valence-electron chi connectivity index (χ2n) is 9.07. The Balaban J connectivity index is 1.59. The van der Waals surface area contributed by atoms with Crippen LogP contribution in [-0.4, -0.2) is 9.13 Å². The van der Waals surface area contributed by atoms with Crippen molar-refractivity contribution in [3.8, 4) is 0 Å². The molecule has 4 aromatic carbocycles. The van der Waals surface area contributed by atoms with Gasteiger partial charge in [-0.3, -0.25) is 0 Å². The Bertz CT molecular complexity index is 1610. The molecule has 0 aliphatic carbocycles. The highest BCUT2D eigenvalue weighted by Crippen LogP contribution is 2.36. The Labute approximate surface area is 182 Å². The number of aromatic nitrogens is 2. The Morgan fingerprint density at radius 2 is 1.29 bits per heavy atom. The van der Waals surface area contributed by atoms with Crippen molar-refractivity contribution >= 4 is 54.1 Å². The molecule has 0 unspecified atom stereocenters. The summed E-state index contributed by atoms with van der Waals surface area (Å²) in [7, 11) is 4.33. The maximum Gasteiger partial charge on any atom is 0.0486 e. The zero-order chi connectivity index (χ0) is 21.1. The second-order valence-corrected chi connectivity index (χ2v) is 9.07. The molecule has 0 fully saturated rings. The van der Waals surface area contributed by atoms with Gasteiger partial charge in [-0.25, -0.2) is 0 Å². The monoisotopic (exact) mass is 404 g/mol. The van der Waals surface area contributed by atoms with E-state index >= 15 is 0 Å². The molecule has 0 aliphatic heterocycles. The average molecular weight is 405 g/mol. The first-order valence-corrected chi connectivity index (χ1v) is 11.5. The molecular weight excluding hydrogens is 376 g/mol. The summed E-state index contributed by atoms with van der Waals surface area (Å²) in [5, 5.41) is 10.7. The lowest BCUT2D eigenvalue weighted by Gasteiger charge is -2.10. The fraction of sp³-hybridized carbons (Fsp3) is 0.241. The topological polar surface area (TPSA) is 9.86 Å². The third kappa shape index (κ3) is 2.78. The largest absolute Gasteiger partial charge is 0.351 e. The molecule has 0 N–H and O–H groups in total. The summed E-state index contributed by atoms with van der Waals surface area (Å²) in [4.78, 5) is 0. The zero-order valence-electron chi connectivity index (χ0n) is 18.6. The summed E-state index contributed by atoms with van der Waals surface area (Å²) >= 11 is 0. The number of benzene rings is 4. The normalized spacial score (nSPS) is 12.2. The molecule has 154 valence electrons. The number of fused-ring (bicyclic) bond motifs is 7. The van der Waals surface area contributed by atoms with Crippen LogP contribution in [0.2, 0.25) is 0 Å². The van der Waals surface area contributed by atoms with Gasteiger partial charge >= 0.3 is 0 Å². The van der Waals surface area contributed by atoms with E-state index < -0.39 is 0 Å². The fourth-order valence-electron chi connectivity index (χ4n) is 5.32. The lowest BCUT2D eigenvalue weighted by atomic mass is 9.95. The molecule has 0 saturated carbocycles. The van der Waals surface area contributed by atoms with Crippen LogP contribution < -0.4 is 0 Å². The van der Waals surface area contributed by atoms with E-state index in [0.29, 0.717) is 0 Å². The fourth-order valence-corrected chi connectivity index (χ4v) is 5.32. The van der Waals surface area contributed by atoms with E-state index in [-0.39, 0.29) is 0 Å². The number of aryl methyl sites for hydroxylation is 3. The summed E-state index contributed by atoms with van der Waals surface area (Å²) in [5.41, 5.74) is 4.07. The molecule has 0 aliphatic rings. The summed E-state index contributed by atoms with van der Waals surface area (Å²) in [6.07, 6.45) is 7.14. The molecule has 0 bridgehead atoms. The van der Waals surface area contributed by atoms with Crippen molar-refractivity contribution in [3.63, 3.8) is 0 Å². The summed E-state index contributed by atoms with van der Waals surface area (Å²) < 4.78 is 4.59. The molecule has 0 atom stereocenters. The Morgan fingerprint density at radius 1 is 0.613 bits per heavy atom. The number of unbranched alkanes of at least 4 members (excludes halogenated alkanes) is 2.